The second kappa shape index (κ2) is 11.6. The molecule has 3 aromatic rings. The fourth-order valence-corrected chi connectivity index (χ4v) is 4.00. The number of benzene rings is 2. The van der Waals surface area contributed by atoms with E-state index in [9.17, 15) is 19.5 Å². The van der Waals surface area contributed by atoms with E-state index in [0.29, 0.717) is 21.2 Å². The Morgan fingerprint density at radius 1 is 1.03 bits per heavy atom. The Hall–Kier alpha value is -3.62. The van der Waals surface area contributed by atoms with Crippen LogP contribution in [0.2, 0.25) is 10.0 Å². The Labute approximate surface area is 225 Å². The number of nitrogens with one attached hydrogen (secondary N) is 2. The smallest absolute Gasteiger partial charge is 0.408 e. The molecule has 0 saturated carbocycles. The van der Waals surface area contributed by atoms with Crippen LogP contribution in [0.5, 0.6) is 0 Å². The van der Waals surface area contributed by atoms with E-state index >= 15 is 0 Å². The van der Waals surface area contributed by atoms with Gasteiger partial charge >= 0.3 is 12.1 Å². The van der Waals surface area contributed by atoms with Crippen molar-refractivity contribution in [1.82, 2.24) is 10.3 Å². The van der Waals surface area contributed by atoms with Gasteiger partial charge in [0.1, 0.15) is 11.6 Å². The van der Waals surface area contributed by atoms with Crippen LogP contribution in [0.1, 0.15) is 42.4 Å². The summed E-state index contributed by atoms with van der Waals surface area (Å²) in [6.07, 6.45) is 0.869. The van der Waals surface area contributed by atoms with Gasteiger partial charge in [0.2, 0.25) is 5.91 Å². The lowest BCUT2D eigenvalue weighted by molar-refractivity contribution is -0.118. The van der Waals surface area contributed by atoms with Gasteiger partial charge in [-0.25, -0.2) is 9.59 Å². The number of pyridine rings is 1. The Bertz CT molecular complexity index is 1340. The van der Waals surface area contributed by atoms with Crippen LogP contribution < -0.4 is 10.6 Å². The van der Waals surface area contributed by atoms with Crippen LogP contribution in [-0.2, 0) is 16.0 Å². The number of aromatic carboxylic acids is 1. The first-order valence-electron chi connectivity index (χ1n) is 11.4. The average molecular weight is 544 g/mol. The number of aryl methyl sites for hydroxylation is 1. The maximum Gasteiger partial charge on any atom is 0.408 e. The van der Waals surface area contributed by atoms with E-state index in [4.69, 9.17) is 27.9 Å². The number of carbonyl (C=O) groups is 3. The number of carbonyl (C=O) groups excluding carboxylic acids is 2. The highest BCUT2D eigenvalue weighted by Crippen LogP contribution is 2.26. The van der Waals surface area contributed by atoms with Crippen molar-refractivity contribution in [2.45, 2.75) is 45.8 Å². The summed E-state index contributed by atoms with van der Waals surface area (Å²) < 4.78 is 5.33. The number of hydrogen-bond donors (Lipinski definition) is 3. The highest BCUT2D eigenvalue weighted by atomic mass is 35.5. The lowest BCUT2D eigenvalue weighted by Gasteiger charge is -2.24. The van der Waals surface area contributed by atoms with Crippen LogP contribution in [0.15, 0.2) is 54.7 Å². The number of alkyl carbamates (subject to hydrolysis) is 1. The molecule has 1 heterocycles. The molecule has 1 atom stereocenters. The first-order chi connectivity index (χ1) is 17.3. The van der Waals surface area contributed by atoms with Crippen LogP contribution in [-0.4, -0.2) is 39.7 Å². The first kappa shape index (κ1) is 28.0. The lowest BCUT2D eigenvalue weighted by Crippen LogP contribution is -2.47. The van der Waals surface area contributed by atoms with E-state index in [2.05, 4.69) is 15.6 Å². The zero-order valence-electron chi connectivity index (χ0n) is 20.8. The van der Waals surface area contributed by atoms with Crippen LogP contribution in [0, 0.1) is 6.92 Å². The molecule has 0 saturated heterocycles. The maximum absolute atomic E-state index is 13.4. The second-order valence-corrected chi connectivity index (χ2v) is 10.3. The second-order valence-electron chi connectivity index (χ2n) is 9.42. The predicted molar refractivity (Wildman–Crippen MR) is 143 cm³/mol. The summed E-state index contributed by atoms with van der Waals surface area (Å²) in [4.78, 5) is 41.8. The number of halogens is 2. The predicted octanol–water partition coefficient (Wildman–Crippen LogP) is 6.14. The quantitative estimate of drug-likeness (QED) is 0.329. The number of amides is 2. The van der Waals surface area contributed by atoms with Crippen molar-refractivity contribution in [3.05, 3.63) is 81.6 Å². The average Bonchev–Trinajstić information content (AvgIpc) is 2.78. The maximum atomic E-state index is 13.4. The lowest BCUT2D eigenvalue weighted by atomic mass is 10.0. The van der Waals surface area contributed by atoms with Crippen molar-refractivity contribution in [2.24, 2.45) is 0 Å². The molecular formula is C27H27Cl2N3O5. The Morgan fingerprint density at radius 2 is 1.76 bits per heavy atom. The van der Waals surface area contributed by atoms with Crippen molar-refractivity contribution in [1.29, 1.82) is 0 Å². The summed E-state index contributed by atoms with van der Waals surface area (Å²) >= 11 is 12.3. The monoisotopic (exact) mass is 543 g/mol. The summed E-state index contributed by atoms with van der Waals surface area (Å²) in [7, 11) is 0. The van der Waals surface area contributed by atoms with Crippen LogP contribution in [0.4, 0.5) is 10.5 Å². The highest BCUT2D eigenvalue weighted by Gasteiger charge is 2.26. The summed E-state index contributed by atoms with van der Waals surface area (Å²) in [5.74, 6) is -1.74. The zero-order chi connectivity index (χ0) is 27.3. The topological polar surface area (TPSA) is 118 Å². The van der Waals surface area contributed by atoms with Crippen molar-refractivity contribution in [2.75, 3.05) is 5.32 Å². The minimum absolute atomic E-state index is 0.0142. The molecule has 0 aliphatic carbocycles. The molecule has 0 unspecified atom stereocenters. The molecule has 2 amide bonds. The van der Waals surface area contributed by atoms with Crippen molar-refractivity contribution >= 4 is 46.9 Å². The van der Waals surface area contributed by atoms with E-state index in [-0.39, 0.29) is 17.7 Å². The molecule has 0 aliphatic heterocycles. The van der Waals surface area contributed by atoms with Gasteiger partial charge in [-0.1, -0.05) is 29.3 Å². The molecule has 0 radical (unpaired) electrons. The third-order valence-corrected chi connectivity index (χ3v) is 5.71. The van der Waals surface area contributed by atoms with Crippen LogP contribution in [0.25, 0.3) is 11.1 Å². The highest BCUT2D eigenvalue weighted by molar-refractivity contribution is 6.35. The van der Waals surface area contributed by atoms with Gasteiger partial charge in [-0.15, -0.1) is 0 Å². The first-order valence-corrected chi connectivity index (χ1v) is 12.1. The van der Waals surface area contributed by atoms with Gasteiger partial charge in [0, 0.05) is 34.0 Å². The number of ether oxygens (including phenoxy) is 1. The van der Waals surface area contributed by atoms with Gasteiger partial charge in [-0.05, 0) is 86.8 Å². The molecular weight excluding hydrogens is 517 g/mol. The Morgan fingerprint density at radius 3 is 2.38 bits per heavy atom. The van der Waals surface area contributed by atoms with Gasteiger partial charge in [0.05, 0.1) is 5.56 Å². The fraction of sp³-hybridized carbons (Fsp3) is 0.259. The molecule has 8 nitrogen and oxygen atoms in total. The van der Waals surface area contributed by atoms with Gasteiger partial charge < -0.3 is 20.5 Å². The van der Waals surface area contributed by atoms with Crippen molar-refractivity contribution < 1.29 is 24.2 Å². The molecule has 0 bridgehead atoms. The van der Waals surface area contributed by atoms with Gasteiger partial charge in [-0.2, -0.15) is 0 Å². The summed E-state index contributed by atoms with van der Waals surface area (Å²) in [5.41, 5.74) is 2.10. The SMILES string of the molecule is Cc1cc(-c2cc(NC(=O)[C@H](Cc3ccc(Cl)cc3Cl)NC(=O)OC(C)(C)C)cc(C(=O)O)c2)ccn1. The fourth-order valence-electron chi connectivity index (χ4n) is 3.51. The van der Waals surface area contributed by atoms with Gasteiger partial charge in [-0.3, -0.25) is 9.78 Å². The molecule has 0 spiro atoms. The molecule has 1 aromatic heterocycles. The molecule has 3 N–H and O–H groups in total. The minimum Gasteiger partial charge on any atom is -0.478 e. The number of anilines is 1. The van der Waals surface area contributed by atoms with Crippen LogP contribution >= 0.6 is 23.2 Å². The largest absolute Gasteiger partial charge is 0.478 e. The minimum atomic E-state index is -1.15. The van der Waals surface area contributed by atoms with E-state index in [0.717, 1.165) is 11.3 Å². The Kier molecular flexibility index (Phi) is 8.78. The van der Waals surface area contributed by atoms with Gasteiger partial charge in [0.15, 0.2) is 0 Å². The standard InChI is InChI=1S/C27H27Cl2N3O5/c1-15-9-16(7-8-30-15)18-10-19(25(34)35)12-21(11-18)31-24(33)23(32-26(36)37-27(2,3)4)13-17-5-6-20(28)14-22(17)29/h5-12,14,23H,13H2,1-4H3,(H,31,33)(H,32,36)(H,34,35)/t23-/m0/s1. The van der Waals surface area contributed by atoms with E-state index < -0.39 is 29.6 Å². The third kappa shape index (κ3) is 8.20. The third-order valence-electron chi connectivity index (χ3n) is 5.12. The molecule has 0 aliphatic rings. The number of carboxylic acids is 1. The number of hydrogen-bond acceptors (Lipinski definition) is 5. The van der Waals surface area contributed by atoms with E-state index in [1.807, 2.05) is 13.0 Å². The van der Waals surface area contributed by atoms with Gasteiger partial charge in [0.25, 0.3) is 0 Å². The molecule has 0 fully saturated rings. The van der Waals surface area contributed by atoms with Crippen LogP contribution in [0.3, 0.4) is 0 Å². The summed E-state index contributed by atoms with van der Waals surface area (Å²) in [6, 6.07) is 11.8. The normalized spacial score (nSPS) is 11.9. The number of carboxylic acid groups (broad SMARTS) is 1. The molecule has 3 rings (SSSR count). The van der Waals surface area contributed by atoms with Crippen molar-refractivity contribution in [3.63, 3.8) is 0 Å². The molecule has 2 aromatic carbocycles. The summed E-state index contributed by atoms with van der Waals surface area (Å²) in [5, 5.41) is 15.7. The number of nitrogens with zero attached hydrogens (tertiary/aromatic N) is 1. The van der Waals surface area contributed by atoms with E-state index in [1.54, 1.807) is 57.3 Å². The van der Waals surface area contributed by atoms with Crippen molar-refractivity contribution in [3.8, 4) is 11.1 Å². The number of aromatic nitrogens is 1. The number of rotatable bonds is 7. The zero-order valence-corrected chi connectivity index (χ0v) is 22.3. The molecule has 10 heteroatoms. The Balaban J connectivity index is 1.93. The van der Waals surface area contributed by atoms with E-state index in [1.165, 1.54) is 12.1 Å². The molecule has 37 heavy (non-hydrogen) atoms. The summed E-state index contributed by atoms with van der Waals surface area (Å²) in [6.45, 7) is 6.94. The molecule has 194 valence electrons.